The lowest BCUT2D eigenvalue weighted by molar-refractivity contribution is -0.122. The normalized spacial score (nSPS) is 13.4. The zero-order valence-electron chi connectivity index (χ0n) is 15.4. The molecule has 8 heteroatoms. The van der Waals surface area contributed by atoms with Crippen molar-refractivity contribution in [3.8, 4) is 0 Å². The molecule has 0 fully saturated rings. The highest BCUT2D eigenvalue weighted by molar-refractivity contribution is 8.00. The molecular formula is C17H27ClN2O3S2. The van der Waals surface area contributed by atoms with Gasteiger partial charge in [0.15, 0.2) is 0 Å². The summed E-state index contributed by atoms with van der Waals surface area (Å²) in [6.07, 6.45) is 1.47. The van der Waals surface area contributed by atoms with Crippen molar-refractivity contribution < 1.29 is 13.2 Å². The maximum Gasteiger partial charge on any atom is 0.243 e. The lowest BCUT2D eigenvalue weighted by Crippen LogP contribution is -2.49. The molecular weight excluding hydrogens is 380 g/mol. The van der Waals surface area contributed by atoms with Crippen LogP contribution in [0.5, 0.6) is 0 Å². The number of hydrogen-bond acceptors (Lipinski definition) is 4. The molecule has 0 heterocycles. The Morgan fingerprint density at radius 2 is 1.84 bits per heavy atom. The number of nitrogens with zero attached hydrogens (tertiary/aromatic N) is 1. The van der Waals surface area contributed by atoms with Gasteiger partial charge in [-0.1, -0.05) is 39.3 Å². The third-order valence-corrected chi connectivity index (χ3v) is 6.05. The number of anilines is 1. The smallest absolute Gasteiger partial charge is 0.243 e. The zero-order valence-corrected chi connectivity index (χ0v) is 17.8. The van der Waals surface area contributed by atoms with Crippen LogP contribution < -0.4 is 9.62 Å². The molecule has 1 rings (SSSR count). The Bertz CT molecular complexity index is 670. The highest BCUT2D eigenvalue weighted by Crippen LogP contribution is 2.25. The molecule has 142 valence electrons. The Hall–Kier alpha value is -0.920. The molecule has 0 bridgehead atoms. The highest BCUT2D eigenvalue weighted by Gasteiger charge is 2.31. The molecule has 0 unspecified atom stereocenters. The molecule has 0 aromatic heterocycles. The number of sulfonamides is 1. The number of carbonyl (C=O) groups is 1. The second-order valence-electron chi connectivity index (χ2n) is 6.71. The first-order valence-corrected chi connectivity index (χ1v) is 11.3. The van der Waals surface area contributed by atoms with E-state index in [4.69, 9.17) is 11.6 Å². The van der Waals surface area contributed by atoms with Gasteiger partial charge in [0.2, 0.25) is 15.9 Å². The Morgan fingerprint density at radius 1 is 1.28 bits per heavy atom. The summed E-state index contributed by atoms with van der Waals surface area (Å²) < 4.78 is 25.9. The lowest BCUT2D eigenvalue weighted by Gasteiger charge is -2.30. The van der Waals surface area contributed by atoms with E-state index < -0.39 is 16.1 Å². The van der Waals surface area contributed by atoms with Crippen molar-refractivity contribution in [2.75, 3.05) is 22.9 Å². The van der Waals surface area contributed by atoms with Gasteiger partial charge in [-0.2, -0.15) is 11.8 Å². The van der Waals surface area contributed by atoms with Gasteiger partial charge in [0.1, 0.15) is 6.04 Å². The van der Waals surface area contributed by atoms with Gasteiger partial charge in [0, 0.05) is 22.1 Å². The van der Waals surface area contributed by atoms with E-state index in [1.165, 1.54) is 0 Å². The van der Waals surface area contributed by atoms with Gasteiger partial charge in [-0.25, -0.2) is 8.42 Å². The molecule has 0 saturated heterocycles. The molecule has 0 aliphatic heterocycles. The first kappa shape index (κ1) is 22.1. The maximum atomic E-state index is 12.6. The summed E-state index contributed by atoms with van der Waals surface area (Å²) in [6.45, 7) is 8.62. The molecule has 0 spiro atoms. The summed E-state index contributed by atoms with van der Waals surface area (Å²) in [5.41, 5.74) is 0.429. The van der Waals surface area contributed by atoms with Crippen LogP contribution in [-0.4, -0.2) is 43.7 Å². The quantitative estimate of drug-likeness (QED) is 0.670. The van der Waals surface area contributed by atoms with Crippen molar-refractivity contribution in [2.45, 2.75) is 44.9 Å². The minimum atomic E-state index is -3.62. The zero-order chi connectivity index (χ0) is 19.3. The first-order valence-electron chi connectivity index (χ1n) is 8.12. The average Bonchev–Trinajstić information content (AvgIpc) is 2.48. The number of thioether (sulfide) groups is 1. The van der Waals surface area contributed by atoms with Gasteiger partial charge in [0.25, 0.3) is 0 Å². The van der Waals surface area contributed by atoms with Crippen LogP contribution in [0.1, 0.15) is 34.1 Å². The third kappa shape index (κ3) is 7.46. The molecule has 25 heavy (non-hydrogen) atoms. The van der Waals surface area contributed by atoms with Gasteiger partial charge in [-0.05, 0) is 30.7 Å². The summed E-state index contributed by atoms with van der Waals surface area (Å²) in [6, 6.07) is 5.64. The van der Waals surface area contributed by atoms with Gasteiger partial charge < -0.3 is 5.32 Å². The molecule has 1 aromatic carbocycles. The van der Waals surface area contributed by atoms with Crippen LogP contribution in [0.25, 0.3) is 0 Å². The largest absolute Gasteiger partial charge is 0.353 e. The first-order chi connectivity index (χ1) is 11.5. The molecule has 0 radical (unpaired) electrons. The molecule has 0 saturated carbocycles. The molecule has 1 atom stereocenters. The lowest BCUT2D eigenvalue weighted by atomic mass is 10.2. The molecule has 0 aliphatic rings. The summed E-state index contributed by atoms with van der Waals surface area (Å²) in [5.74, 6) is 0.475. The summed E-state index contributed by atoms with van der Waals surface area (Å²) in [4.78, 5) is 12.6. The summed E-state index contributed by atoms with van der Waals surface area (Å²) >= 11 is 7.62. The van der Waals surface area contributed by atoms with Crippen molar-refractivity contribution in [1.82, 2.24) is 5.32 Å². The van der Waals surface area contributed by atoms with Crippen LogP contribution in [0.4, 0.5) is 5.69 Å². The van der Waals surface area contributed by atoms with Crippen LogP contribution in [0.15, 0.2) is 24.3 Å². The number of carbonyl (C=O) groups excluding carboxylic acids is 1. The van der Waals surface area contributed by atoms with E-state index in [1.54, 1.807) is 43.0 Å². The minimum absolute atomic E-state index is 0.122. The van der Waals surface area contributed by atoms with Crippen molar-refractivity contribution in [1.29, 1.82) is 0 Å². The average molecular weight is 407 g/mol. The van der Waals surface area contributed by atoms with E-state index in [1.807, 2.05) is 0 Å². The number of rotatable bonds is 8. The summed E-state index contributed by atoms with van der Waals surface area (Å²) in [5, 5.41) is 3.36. The van der Waals surface area contributed by atoms with Gasteiger partial charge in [-0.15, -0.1) is 0 Å². The predicted molar refractivity (Wildman–Crippen MR) is 108 cm³/mol. The minimum Gasteiger partial charge on any atom is -0.353 e. The molecule has 5 nitrogen and oxygen atoms in total. The van der Waals surface area contributed by atoms with E-state index in [9.17, 15) is 13.2 Å². The highest BCUT2D eigenvalue weighted by atomic mass is 35.5. The van der Waals surface area contributed by atoms with E-state index in [2.05, 4.69) is 26.1 Å². The Kier molecular flexibility index (Phi) is 8.09. The number of nitrogens with one attached hydrogen (secondary N) is 1. The van der Waals surface area contributed by atoms with Crippen LogP contribution in [0.2, 0.25) is 5.02 Å². The van der Waals surface area contributed by atoms with Crippen molar-refractivity contribution in [3.05, 3.63) is 29.3 Å². The Labute approximate surface area is 160 Å². The van der Waals surface area contributed by atoms with E-state index in [0.717, 1.165) is 16.3 Å². The topological polar surface area (TPSA) is 66.5 Å². The van der Waals surface area contributed by atoms with Crippen molar-refractivity contribution >= 4 is 45.0 Å². The van der Waals surface area contributed by atoms with E-state index >= 15 is 0 Å². The number of halogens is 1. The Morgan fingerprint density at radius 3 is 2.28 bits per heavy atom. The molecule has 0 aliphatic carbocycles. The second-order valence-corrected chi connectivity index (χ2v) is 10.9. The van der Waals surface area contributed by atoms with Crippen LogP contribution in [0, 0.1) is 0 Å². The van der Waals surface area contributed by atoms with Crippen molar-refractivity contribution in [3.63, 3.8) is 0 Å². The standard InChI is InChI=1S/C17H27ClN2O3S2/c1-6-15(16(21)19-11-12-24-17(2,3)4)20(25(5,22)23)14-9-7-13(18)8-10-14/h7-10,15H,6,11-12H2,1-5H3,(H,19,21)/t15-/m1/s1. The second kappa shape index (κ2) is 9.14. The molecule has 1 N–H and O–H groups in total. The fourth-order valence-corrected chi connectivity index (χ4v) is 4.45. The SMILES string of the molecule is CC[C@H](C(=O)NCCSC(C)(C)C)N(c1ccc(Cl)cc1)S(C)(=O)=O. The monoisotopic (exact) mass is 406 g/mol. The van der Waals surface area contributed by atoms with E-state index in [-0.39, 0.29) is 10.7 Å². The van der Waals surface area contributed by atoms with Gasteiger partial charge in [-0.3, -0.25) is 9.10 Å². The number of hydrogen-bond donors (Lipinski definition) is 1. The van der Waals surface area contributed by atoms with Crippen molar-refractivity contribution in [2.24, 2.45) is 0 Å². The molecule has 1 amide bonds. The fraction of sp³-hybridized carbons (Fsp3) is 0.588. The number of benzene rings is 1. The van der Waals surface area contributed by atoms with Crippen LogP contribution in [0.3, 0.4) is 0 Å². The van der Waals surface area contributed by atoms with Gasteiger partial charge in [0.05, 0.1) is 11.9 Å². The predicted octanol–water partition coefficient (Wildman–Crippen LogP) is 3.53. The Balaban J connectivity index is 2.91. The van der Waals surface area contributed by atoms with E-state index in [0.29, 0.717) is 23.7 Å². The summed E-state index contributed by atoms with van der Waals surface area (Å²) in [7, 11) is -3.62. The molecule has 1 aromatic rings. The third-order valence-electron chi connectivity index (χ3n) is 3.35. The van der Waals surface area contributed by atoms with Crippen LogP contribution in [-0.2, 0) is 14.8 Å². The fourth-order valence-electron chi connectivity index (χ4n) is 2.30. The van der Waals surface area contributed by atoms with Crippen LogP contribution >= 0.6 is 23.4 Å². The maximum absolute atomic E-state index is 12.6. The number of amides is 1. The van der Waals surface area contributed by atoms with Gasteiger partial charge >= 0.3 is 0 Å².